The van der Waals surface area contributed by atoms with E-state index in [0.29, 0.717) is 42.4 Å². The number of benzene rings is 1. The van der Waals surface area contributed by atoms with Crippen molar-refractivity contribution in [2.24, 2.45) is 5.73 Å². The van der Waals surface area contributed by atoms with Gasteiger partial charge in [0.15, 0.2) is 5.69 Å². The highest BCUT2D eigenvalue weighted by Gasteiger charge is 2.15. The second kappa shape index (κ2) is 6.65. The van der Waals surface area contributed by atoms with Crippen LogP contribution < -0.4 is 11.1 Å². The standard InChI is InChI=1S/C14H16N4O3/c15-11(19)7-3-4-8-16-12-9-5-1-2-6-10(9)17-18-13(12)14(20)21/h1-2,5-6H,3-4,7-8H2,(H2,15,19)(H,16,17)(H,20,21). The molecule has 0 fully saturated rings. The van der Waals surface area contributed by atoms with E-state index in [4.69, 9.17) is 5.73 Å². The van der Waals surface area contributed by atoms with Gasteiger partial charge >= 0.3 is 5.97 Å². The van der Waals surface area contributed by atoms with Gasteiger partial charge in [0, 0.05) is 18.4 Å². The highest BCUT2D eigenvalue weighted by molar-refractivity contribution is 6.02. The maximum atomic E-state index is 11.2. The third-order valence-corrected chi connectivity index (χ3v) is 3.02. The largest absolute Gasteiger partial charge is 0.476 e. The fourth-order valence-electron chi connectivity index (χ4n) is 2.02. The number of nitrogens with one attached hydrogen (secondary N) is 1. The fraction of sp³-hybridized carbons (Fsp3) is 0.286. The van der Waals surface area contributed by atoms with Gasteiger partial charge in [-0.15, -0.1) is 10.2 Å². The predicted octanol–water partition coefficient (Wildman–Crippen LogP) is 1.40. The lowest BCUT2D eigenvalue weighted by Gasteiger charge is -2.11. The third-order valence-electron chi connectivity index (χ3n) is 3.02. The van der Waals surface area contributed by atoms with Crippen molar-refractivity contribution in [3.8, 4) is 0 Å². The van der Waals surface area contributed by atoms with Gasteiger partial charge < -0.3 is 16.2 Å². The number of aromatic carboxylic acids is 1. The van der Waals surface area contributed by atoms with Gasteiger partial charge in [-0.1, -0.05) is 18.2 Å². The number of primary amides is 1. The number of hydrogen-bond donors (Lipinski definition) is 3. The second-order valence-corrected chi connectivity index (χ2v) is 4.60. The van der Waals surface area contributed by atoms with Crippen molar-refractivity contribution in [3.63, 3.8) is 0 Å². The van der Waals surface area contributed by atoms with Crippen molar-refractivity contribution in [3.05, 3.63) is 30.0 Å². The number of anilines is 1. The quantitative estimate of drug-likeness (QED) is 0.663. The Bertz CT molecular complexity index is 672. The number of aromatic nitrogens is 2. The average molecular weight is 288 g/mol. The van der Waals surface area contributed by atoms with Gasteiger partial charge in [-0.3, -0.25) is 4.79 Å². The van der Waals surface area contributed by atoms with Crippen LogP contribution in [0.2, 0.25) is 0 Å². The van der Waals surface area contributed by atoms with E-state index in [1.54, 1.807) is 12.1 Å². The molecule has 2 rings (SSSR count). The van der Waals surface area contributed by atoms with Crippen LogP contribution in [0.25, 0.3) is 10.9 Å². The molecule has 0 aliphatic rings. The first-order valence-electron chi connectivity index (χ1n) is 6.60. The molecule has 0 aliphatic heterocycles. The van der Waals surface area contributed by atoms with Gasteiger partial charge in [0.2, 0.25) is 5.91 Å². The molecule has 0 radical (unpaired) electrons. The molecule has 1 aromatic carbocycles. The Labute approximate surface area is 121 Å². The minimum absolute atomic E-state index is 0.108. The molecule has 0 atom stereocenters. The zero-order chi connectivity index (χ0) is 15.2. The average Bonchev–Trinajstić information content (AvgIpc) is 2.46. The summed E-state index contributed by atoms with van der Waals surface area (Å²) in [7, 11) is 0. The molecule has 0 spiro atoms. The molecule has 0 unspecified atom stereocenters. The third kappa shape index (κ3) is 3.65. The Morgan fingerprint density at radius 1 is 1.19 bits per heavy atom. The zero-order valence-corrected chi connectivity index (χ0v) is 11.4. The number of nitrogens with zero attached hydrogens (tertiary/aromatic N) is 2. The van der Waals surface area contributed by atoms with Gasteiger partial charge in [0.1, 0.15) is 0 Å². The Hall–Kier alpha value is -2.70. The first-order valence-corrected chi connectivity index (χ1v) is 6.60. The topological polar surface area (TPSA) is 118 Å². The van der Waals surface area contributed by atoms with Gasteiger partial charge in [-0.25, -0.2) is 4.79 Å². The summed E-state index contributed by atoms with van der Waals surface area (Å²) in [5, 5.41) is 20.6. The number of unbranched alkanes of at least 4 members (excludes halogenated alkanes) is 1. The van der Waals surface area contributed by atoms with Crippen molar-refractivity contribution in [1.82, 2.24) is 10.2 Å². The lowest BCUT2D eigenvalue weighted by molar-refractivity contribution is -0.118. The SMILES string of the molecule is NC(=O)CCCCNc1c(C(=O)O)nnc2ccccc12. The van der Waals surface area contributed by atoms with Crippen LogP contribution in [0.4, 0.5) is 5.69 Å². The summed E-state index contributed by atoms with van der Waals surface area (Å²) in [6.07, 6.45) is 1.68. The molecule has 0 saturated heterocycles. The lowest BCUT2D eigenvalue weighted by Crippen LogP contribution is -2.13. The summed E-state index contributed by atoms with van der Waals surface area (Å²) in [5.74, 6) is -1.47. The molecule has 0 aliphatic carbocycles. The van der Waals surface area contributed by atoms with Crippen molar-refractivity contribution in [2.45, 2.75) is 19.3 Å². The summed E-state index contributed by atoms with van der Waals surface area (Å²) in [5.41, 5.74) is 6.04. The van der Waals surface area contributed by atoms with E-state index in [9.17, 15) is 14.7 Å². The monoisotopic (exact) mass is 288 g/mol. The summed E-state index contributed by atoms with van der Waals surface area (Å²) in [4.78, 5) is 21.9. The van der Waals surface area contributed by atoms with Crippen LogP contribution in [-0.4, -0.2) is 33.7 Å². The van der Waals surface area contributed by atoms with Crippen LogP contribution >= 0.6 is 0 Å². The van der Waals surface area contributed by atoms with Crippen LogP contribution in [0.3, 0.4) is 0 Å². The van der Waals surface area contributed by atoms with Gasteiger partial charge in [-0.05, 0) is 18.9 Å². The molecule has 4 N–H and O–H groups in total. The predicted molar refractivity (Wildman–Crippen MR) is 78.0 cm³/mol. The maximum absolute atomic E-state index is 11.2. The molecule has 21 heavy (non-hydrogen) atoms. The summed E-state index contributed by atoms with van der Waals surface area (Å²) in [6, 6.07) is 7.19. The van der Waals surface area contributed by atoms with Crippen molar-refractivity contribution < 1.29 is 14.7 Å². The number of hydrogen-bond acceptors (Lipinski definition) is 5. The first kappa shape index (κ1) is 14.7. The van der Waals surface area contributed by atoms with E-state index >= 15 is 0 Å². The van der Waals surface area contributed by atoms with Gasteiger partial charge in [0.05, 0.1) is 11.2 Å². The number of rotatable bonds is 7. The van der Waals surface area contributed by atoms with Crippen molar-refractivity contribution in [1.29, 1.82) is 0 Å². The van der Waals surface area contributed by atoms with Crippen LogP contribution in [0.5, 0.6) is 0 Å². The Morgan fingerprint density at radius 3 is 2.67 bits per heavy atom. The molecule has 2 aromatic rings. The summed E-state index contributed by atoms with van der Waals surface area (Å²) >= 11 is 0. The second-order valence-electron chi connectivity index (χ2n) is 4.60. The molecule has 1 heterocycles. The number of nitrogens with two attached hydrogens (primary N) is 1. The number of carboxylic acids is 1. The molecule has 1 aromatic heterocycles. The Kier molecular flexibility index (Phi) is 4.65. The number of carbonyl (C=O) groups is 2. The highest BCUT2D eigenvalue weighted by atomic mass is 16.4. The molecule has 0 saturated carbocycles. The normalized spacial score (nSPS) is 10.5. The van der Waals surface area contributed by atoms with Gasteiger partial charge in [-0.2, -0.15) is 0 Å². The fourth-order valence-corrected chi connectivity index (χ4v) is 2.02. The van der Waals surface area contributed by atoms with Gasteiger partial charge in [0.25, 0.3) is 0 Å². The van der Waals surface area contributed by atoms with Crippen LogP contribution in [-0.2, 0) is 4.79 Å². The van der Waals surface area contributed by atoms with E-state index in [-0.39, 0.29) is 11.6 Å². The molecule has 7 heteroatoms. The number of carbonyl (C=O) groups excluding carboxylic acids is 1. The molecule has 7 nitrogen and oxygen atoms in total. The van der Waals surface area contributed by atoms with E-state index in [2.05, 4.69) is 15.5 Å². The molecule has 1 amide bonds. The first-order chi connectivity index (χ1) is 10.1. The molecular formula is C14H16N4O3. The Balaban J connectivity index is 2.17. The summed E-state index contributed by atoms with van der Waals surface area (Å²) in [6.45, 7) is 0.531. The minimum atomic E-state index is -1.13. The van der Waals surface area contributed by atoms with Crippen LogP contribution in [0.1, 0.15) is 29.8 Å². The highest BCUT2D eigenvalue weighted by Crippen LogP contribution is 2.24. The number of amides is 1. The minimum Gasteiger partial charge on any atom is -0.476 e. The smallest absolute Gasteiger partial charge is 0.358 e. The van der Waals surface area contributed by atoms with Crippen molar-refractivity contribution in [2.75, 3.05) is 11.9 Å². The van der Waals surface area contributed by atoms with Crippen LogP contribution in [0.15, 0.2) is 24.3 Å². The van der Waals surface area contributed by atoms with Crippen LogP contribution in [0, 0.1) is 0 Å². The lowest BCUT2D eigenvalue weighted by atomic mass is 10.1. The maximum Gasteiger partial charge on any atom is 0.358 e. The molecule has 0 bridgehead atoms. The Morgan fingerprint density at radius 2 is 1.95 bits per heavy atom. The van der Waals surface area contributed by atoms with Crippen molar-refractivity contribution >= 4 is 28.5 Å². The summed E-state index contributed by atoms with van der Waals surface area (Å²) < 4.78 is 0. The number of carboxylic acid groups (broad SMARTS) is 1. The number of fused-ring (bicyclic) bond motifs is 1. The van der Waals surface area contributed by atoms with E-state index in [0.717, 1.165) is 0 Å². The van der Waals surface area contributed by atoms with E-state index in [1.165, 1.54) is 0 Å². The van der Waals surface area contributed by atoms with E-state index in [1.807, 2.05) is 12.1 Å². The van der Waals surface area contributed by atoms with E-state index < -0.39 is 5.97 Å². The zero-order valence-electron chi connectivity index (χ0n) is 11.4. The molecular weight excluding hydrogens is 272 g/mol. The molecule has 110 valence electrons.